The SMILES string of the molecule is CC(C)(C)OC(=O)N1CC(C2=NC(C)(C)C(C)(C)c3c(F)cccc32)Cc2ccccc21. The van der Waals surface area contributed by atoms with Crippen molar-refractivity contribution in [2.45, 2.75) is 71.4 Å². The number of nitrogens with zero attached hydrogens (tertiary/aromatic N) is 2. The minimum atomic E-state index is -0.594. The van der Waals surface area contributed by atoms with E-state index in [1.165, 1.54) is 6.07 Å². The summed E-state index contributed by atoms with van der Waals surface area (Å²) < 4.78 is 20.9. The Balaban J connectivity index is 1.82. The third-order valence-corrected chi connectivity index (χ3v) is 7.00. The molecule has 0 bridgehead atoms. The minimum absolute atomic E-state index is 0.0617. The lowest BCUT2D eigenvalue weighted by Crippen LogP contribution is -2.50. The Kier molecular flexibility index (Phi) is 5.22. The first-order valence-electron chi connectivity index (χ1n) is 11.3. The molecule has 0 aliphatic carbocycles. The molecule has 0 spiro atoms. The molecule has 1 unspecified atom stereocenters. The average Bonchev–Trinajstić information content (AvgIpc) is 2.68. The van der Waals surface area contributed by atoms with Crippen molar-refractivity contribution in [2.24, 2.45) is 10.9 Å². The predicted molar refractivity (Wildman–Crippen MR) is 127 cm³/mol. The summed E-state index contributed by atoms with van der Waals surface area (Å²) in [6.07, 6.45) is 0.367. The van der Waals surface area contributed by atoms with Gasteiger partial charge in [0.15, 0.2) is 0 Å². The summed E-state index contributed by atoms with van der Waals surface area (Å²) in [4.78, 5) is 20.0. The van der Waals surface area contributed by atoms with Crippen LogP contribution in [0.2, 0.25) is 0 Å². The van der Waals surface area contributed by atoms with Gasteiger partial charge in [-0.15, -0.1) is 0 Å². The maximum Gasteiger partial charge on any atom is 0.414 e. The molecule has 2 aromatic carbocycles. The van der Waals surface area contributed by atoms with Gasteiger partial charge in [0.25, 0.3) is 0 Å². The summed E-state index contributed by atoms with van der Waals surface area (Å²) >= 11 is 0. The van der Waals surface area contributed by atoms with Crippen molar-refractivity contribution in [1.29, 1.82) is 0 Å². The second-order valence-corrected chi connectivity index (χ2v) is 11.0. The monoisotopic (exact) mass is 436 g/mol. The van der Waals surface area contributed by atoms with Crippen LogP contribution in [0, 0.1) is 11.7 Å². The highest BCUT2D eigenvalue weighted by Crippen LogP contribution is 2.46. The molecule has 0 N–H and O–H groups in total. The summed E-state index contributed by atoms with van der Waals surface area (Å²) in [5.74, 6) is -0.262. The maximum absolute atomic E-state index is 15.1. The van der Waals surface area contributed by atoms with Gasteiger partial charge in [-0.3, -0.25) is 9.89 Å². The fraction of sp³-hybridized carbons (Fsp3) is 0.481. The van der Waals surface area contributed by atoms with Crippen molar-refractivity contribution >= 4 is 17.5 Å². The van der Waals surface area contributed by atoms with Crippen molar-refractivity contribution in [1.82, 2.24) is 0 Å². The first kappa shape index (κ1) is 22.5. The molecular formula is C27H33FN2O2. The number of halogens is 1. The van der Waals surface area contributed by atoms with Crippen LogP contribution >= 0.6 is 0 Å². The molecule has 2 heterocycles. The Morgan fingerprint density at radius 2 is 1.78 bits per heavy atom. The van der Waals surface area contributed by atoms with Crippen molar-refractivity contribution in [3.63, 3.8) is 0 Å². The van der Waals surface area contributed by atoms with Gasteiger partial charge in [0.1, 0.15) is 11.4 Å². The summed E-state index contributed by atoms with van der Waals surface area (Å²) in [6, 6.07) is 13.2. The van der Waals surface area contributed by atoms with Crippen molar-refractivity contribution in [3.8, 4) is 0 Å². The molecule has 32 heavy (non-hydrogen) atoms. The first-order valence-corrected chi connectivity index (χ1v) is 11.3. The number of fused-ring (bicyclic) bond motifs is 2. The molecule has 1 amide bonds. The standard InChI is InChI=1S/C27H33FN2O2/c1-25(2,3)32-24(31)30-16-18(15-17-11-8-9-14-21(17)30)23-19-12-10-13-20(28)22(19)26(4,5)27(6,7)29-23/h8-14,18H,15-16H2,1-7H3. The van der Waals surface area contributed by atoms with Crippen molar-refractivity contribution in [2.75, 3.05) is 11.4 Å². The van der Waals surface area contributed by atoms with Gasteiger partial charge < -0.3 is 4.74 Å². The van der Waals surface area contributed by atoms with E-state index < -0.39 is 16.6 Å². The van der Waals surface area contributed by atoms with Crippen LogP contribution in [0.15, 0.2) is 47.5 Å². The highest BCUT2D eigenvalue weighted by molar-refractivity contribution is 6.06. The zero-order chi connectivity index (χ0) is 23.5. The Hall–Kier alpha value is -2.69. The minimum Gasteiger partial charge on any atom is -0.443 e. The Bertz CT molecular complexity index is 1100. The Morgan fingerprint density at radius 3 is 2.47 bits per heavy atom. The molecule has 5 heteroatoms. The molecule has 0 saturated heterocycles. The van der Waals surface area contributed by atoms with E-state index in [4.69, 9.17) is 9.73 Å². The van der Waals surface area contributed by atoms with E-state index >= 15 is 4.39 Å². The molecular weight excluding hydrogens is 403 g/mol. The molecule has 0 saturated carbocycles. The van der Waals surface area contributed by atoms with E-state index in [-0.39, 0.29) is 17.8 Å². The van der Waals surface area contributed by atoms with Gasteiger partial charge in [0.05, 0.1) is 11.2 Å². The number of anilines is 1. The molecule has 0 fully saturated rings. The van der Waals surface area contributed by atoms with Gasteiger partial charge in [-0.1, -0.05) is 44.2 Å². The van der Waals surface area contributed by atoms with Crippen LogP contribution in [0.1, 0.15) is 65.2 Å². The number of para-hydroxylation sites is 1. The molecule has 4 rings (SSSR count). The number of carbonyl (C=O) groups excluding carboxylic acids is 1. The topological polar surface area (TPSA) is 41.9 Å². The lowest BCUT2D eigenvalue weighted by atomic mass is 9.64. The molecule has 1 atom stereocenters. The second-order valence-electron chi connectivity index (χ2n) is 11.0. The number of carbonyl (C=O) groups is 1. The van der Waals surface area contributed by atoms with Crippen LogP contribution in [0.5, 0.6) is 0 Å². The number of hydrogen-bond donors (Lipinski definition) is 0. The highest BCUT2D eigenvalue weighted by Gasteiger charge is 2.47. The molecule has 2 aliphatic heterocycles. The fourth-order valence-corrected chi connectivity index (χ4v) is 4.76. The number of ether oxygens (including phenoxy) is 1. The van der Waals surface area contributed by atoms with E-state index in [1.54, 1.807) is 11.0 Å². The van der Waals surface area contributed by atoms with Crippen molar-refractivity contribution < 1.29 is 13.9 Å². The van der Waals surface area contributed by atoms with E-state index in [9.17, 15) is 4.79 Å². The molecule has 0 radical (unpaired) electrons. The number of hydrogen-bond acceptors (Lipinski definition) is 3. The van der Waals surface area contributed by atoms with E-state index in [1.807, 2.05) is 51.1 Å². The predicted octanol–water partition coefficient (Wildman–Crippen LogP) is 6.30. The highest BCUT2D eigenvalue weighted by atomic mass is 19.1. The van der Waals surface area contributed by atoms with E-state index in [0.29, 0.717) is 12.1 Å². The molecule has 4 nitrogen and oxygen atoms in total. The first-order chi connectivity index (χ1) is 14.8. The van der Waals surface area contributed by atoms with Crippen LogP contribution in [0.25, 0.3) is 0 Å². The van der Waals surface area contributed by atoms with Crippen molar-refractivity contribution in [3.05, 3.63) is 65.0 Å². The van der Waals surface area contributed by atoms with Crippen LogP contribution < -0.4 is 4.90 Å². The Morgan fingerprint density at radius 1 is 1.09 bits per heavy atom. The normalized spacial score (nSPS) is 21.3. The number of benzene rings is 2. The summed E-state index contributed by atoms with van der Waals surface area (Å²) in [7, 11) is 0. The quantitative estimate of drug-likeness (QED) is 0.526. The number of rotatable bonds is 1. The maximum atomic E-state index is 15.1. The van der Waals surface area contributed by atoms with Crippen LogP contribution in [0.4, 0.5) is 14.9 Å². The number of amides is 1. The van der Waals surface area contributed by atoms with Gasteiger partial charge in [0.2, 0.25) is 0 Å². The zero-order valence-corrected chi connectivity index (χ0v) is 20.1. The molecule has 0 aromatic heterocycles. The number of aliphatic imine (C=N–C) groups is 1. The van der Waals surface area contributed by atoms with Gasteiger partial charge in [-0.05, 0) is 58.7 Å². The average molecular weight is 437 g/mol. The molecule has 170 valence electrons. The van der Waals surface area contributed by atoms with Crippen LogP contribution in [-0.2, 0) is 16.6 Å². The third kappa shape index (κ3) is 3.72. The zero-order valence-electron chi connectivity index (χ0n) is 20.1. The third-order valence-electron chi connectivity index (χ3n) is 7.00. The summed E-state index contributed by atoms with van der Waals surface area (Å²) in [6.45, 7) is 14.3. The van der Waals surface area contributed by atoms with Gasteiger partial charge in [0, 0.05) is 34.7 Å². The smallest absolute Gasteiger partial charge is 0.414 e. The lowest BCUT2D eigenvalue weighted by Gasteiger charge is -2.46. The second kappa shape index (κ2) is 7.43. The summed E-state index contributed by atoms with van der Waals surface area (Å²) in [5.41, 5.74) is 2.81. The fourth-order valence-electron chi connectivity index (χ4n) is 4.76. The molecule has 2 aliphatic rings. The largest absolute Gasteiger partial charge is 0.443 e. The van der Waals surface area contributed by atoms with Gasteiger partial charge >= 0.3 is 6.09 Å². The van der Waals surface area contributed by atoms with Gasteiger partial charge in [-0.25, -0.2) is 9.18 Å². The lowest BCUT2D eigenvalue weighted by molar-refractivity contribution is 0.0575. The Labute approximate surface area is 190 Å². The summed E-state index contributed by atoms with van der Waals surface area (Å²) in [5, 5.41) is 0. The van der Waals surface area contributed by atoms with Crippen LogP contribution in [-0.4, -0.2) is 29.5 Å². The molecule has 2 aromatic rings. The van der Waals surface area contributed by atoms with Crippen LogP contribution in [0.3, 0.4) is 0 Å². The van der Waals surface area contributed by atoms with E-state index in [0.717, 1.165) is 28.9 Å². The van der Waals surface area contributed by atoms with E-state index in [2.05, 4.69) is 27.7 Å². The van der Waals surface area contributed by atoms with Gasteiger partial charge in [-0.2, -0.15) is 0 Å².